The molecule has 0 unspecified atom stereocenters. The summed E-state index contributed by atoms with van der Waals surface area (Å²) in [6, 6.07) is 18.2. The number of furan rings is 1. The number of rotatable bonds is 2. The fourth-order valence-electron chi connectivity index (χ4n) is 5.62. The molecule has 6 heterocycles. The van der Waals surface area contributed by atoms with Gasteiger partial charge in [0.2, 0.25) is 5.71 Å². The maximum absolute atomic E-state index is 13.0. The monoisotopic (exact) mass is 541 g/mol. The van der Waals surface area contributed by atoms with Gasteiger partial charge in [-0.15, -0.1) is 0 Å². The van der Waals surface area contributed by atoms with Gasteiger partial charge in [-0.25, -0.2) is 9.97 Å². The highest BCUT2D eigenvalue weighted by Crippen LogP contribution is 2.38. The van der Waals surface area contributed by atoms with Gasteiger partial charge >= 0.3 is 0 Å². The predicted molar refractivity (Wildman–Crippen MR) is 165 cm³/mol. The van der Waals surface area contributed by atoms with Crippen LogP contribution >= 0.6 is 0 Å². The van der Waals surface area contributed by atoms with Crippen molar-refractivity contribution in [1.82, 2.24) is 24.5 Å². The van der Waals surface area contributed by atoms with Crippen molar-refractivity contribution in [1.29, 1.82) is 0 Å². The molecule has 6 aromatic heterocycles. The van der Waals surface area contributed by atoms with Gasteiger partial charge in [-0.1, -0.05) is 59.7 Å². The third kappa shape index (κ3) is 3.95. The Morgan fingerprint density at radius 1 is 0.829 bits per heavy atom. The van der Waals surface area contributed by atoms with E-state index in [1.54, 1.807) is 6.20 Å². The molecule has 0 saturated carbocycles. The van der Waals surface area contributed by atoms with Gasteiger partial charge in [-0.3, -0.25) is 14.3 Å². The Hall–Kier alpha value is -4.78. The smallest absolute Gasteiger partial charge is 0.211 e. The van der Waals surface area contributed by atoms with E-state index in [2.05, 4.69) is 86.4 Å². The predicted octanol–water partition coefficient (Wildman–Crippen LogP) is 7.82. The Bertz CT molecular complexity index is 2150. The van der Waals surface area contributed by atoms with E-state index < -0.39 is 0 Å². The summed E-state index contributed by atoms with van der Waals surface area (Å²) in [7, 11) is 0. The molecule has 0 aliphatic rings. The fraction of sp³-hybridized carbons (Fsp3) is 0.235. The summed E-state index contributed by atoms with van der Waals surface area (Å²) >= 11 is 0. The number of fused-ring (bicyclic) bond motifs is 6. The molecule has 41 heavy (non-hydrogen) atoms. The zero-order valence-electron chi connectivity index (χ0n) is 24.0. The lowest BCUT2D eigenvalue weighted by Crippen LogP contribution is -2.14. The molecule has 0 atom stereocenters. The lowest BCUT2D eigenvalue weighted by molar-refractivity contribution is 0.569. The summed E-state index contributed by atoms with van der Waals surface area (Å²) in [4.78, 5) is 30.7. The molecule has 0 fully saturated rings. The summed E-state index contributed by atoms with van der Waals surface area (Å²) in [5.41, 5.74) is 6.69. The van der Waals surface area contributed by atoms with Crippen LogP contribution in [0.4, 0.5) is 0 Å². The van der Waals surface area contributed by atoms with Gasteiger partial charge in [-0.05, 0) is 46.7 Å². The minimum Gasteiger partial charge on any atom is -0.438 e. The van der Waals surface area contributed by atoms with E-state index in [0.717, 1.165) is 44.4 Å². The lowest BCUT2D eigenvalue weighted by Gasteiger charge is -2.22. The number of hydrogen-bond acceptors (Lipinski definition) is 5. The van der Waals surface area contributed by atoms with Gasteiger partial charge in [0, 0.05) is 41.0 Å². The quantitative estimate of drug-likeness (QED) is 0.241. The van der Waals surface area contributed by atoms with Crippen LogP contribution in [0.25, 0.3) is 61.2 Å². The van der Waals surface area contributed by atoms with Crippen LogP contribution in [0.5, 0.6) is 0 Å². The molecule has 1 aromatic carbocycles. The van der Waals surface area contributed by atoms with Gasteiger partial charge in [-0.2, -0.15) is 0 Å². The standard InChI is InChI=1S/C34H31N5O2/c1-33(2,3)19-15-23(37-28(16-19)39-25-10-8-7-9-20(25)21-18-35-13-11-26(21)39)24-17-22(34(4,5)6)31-30(38-24)29-27(40)12-14-36-32(29)41-31/h7-18H,1-6H3,(H,36,40). The first kappa shape index (κ1) is 25.2. The van der Waals surface area contributed by atoms with Crippen molar-refractivity contribution in [3.05, 3.63) is 94.5 Å². The summed E-state index contributed by atoms with van der Waals surface area (Å²) in [6.45, 7) is 13.0. The van der Waals surface area contributed by atoms with E-state index >= 15 is 0 Å². The molecule has 0 aliphatic carbocycles. The van der Waals surface area contributed by atoms with E-state index in [1.165, 1.54) is 6.07 Å². The van der Waals surface area contributed by atoms with E-state index in [9.17, 15) is 4.79 Å². The Kier molecular flexibility index (Phi) is 5.29. The van der Waals surface area contributed by atoms with E-state index in [-0.39, 0.29) is 16.3 Å². The molecular weight excluding hydrogens is 510 g/mol. The van der Waals surface area contributed by atoms with Crippen molar-refractivity contribution in [2.24, 2.45) is 0 Å². The van der Waals surface area contributed by atoms with Crippen molar-refractivity contribution in [3.63, 3.8) is 0 Å². The molecule has 0 spiro atoms. The number of benzene rings is 1. The zero-order chi connectivity index (χ0) is 28.7. The van der Waals surface area contributed by atoms with Crippen LogP contribution in [0.2, 0.25) is 0 Å². The van der Waals surface area contributed by atoms with Crippen LogP contribution < -0.4 is 5.43 Å². The van der Waals surface area contributed by atoms with Crippen LogP contribution in [0.1, 0.15) is 52.7 Å². The third-order valence-electron chi connectivity index (χ3n) is 7.79. The number of pyridine rings is 4. The summed E-state index contributed by atoms with van der Waals surface area (Å²) in [5, 5.41) is 2.65. The molecule has 1 N–H and O–H groups in total. The minimum atomic E-state index is -0.267. The average molecular weight is 542 g/mol. The maximum Gasteiger partial charge on any atom is 0.211 e. The Balaban J connectivity index is 1.58. The Morgan fingerprint density at radius 2 is 1.59 bits per heavy atom. The number of aromatic amines is 1. The summed E-state index contributed by atoms with van der Waals surface area (Å²) in [5.74, 6) is 0.805. The van der Waals surface area contributed by atoms with Crippen LogP contribution in [-0.2, 0) is 10.8 Å². The second-order valence-corrected chi connectivity index (χ2v) is 12.7. The van der Waals surface area contributed by atoms with Crippen LogP contribution in [0, 0.1) is 0 Å². The molecule has 7 aromatic rings. The highest BCUT2D eigenvalue weighted by Gasteiger charge is 2.26. The maximum atomic E-state index is 13.0. The van der Waals surface area contributed by atoms with Gasteiger partial charge in [0.25, 0.3) is 0 Å². The summed E-state index contributed by atoms with van der Waals surface area (Å²) < 4.78 is 8.39. The van der Waals surface area contributed by atoms with E-state index in [1.807, 2.05) is 30.6 Å². The number of aromatic nitrogens is 5. The molecule has 7 rings (SSSR count). The van der Waals surface area contributed by atoms with Crippen LogP contribution in [0.15, 0.2) is 82.4 Å². The fourth-order valence-corrected chi connectivity index (χ4v) is 5.62. The molecule has 7 heteroatoms. The van der Waals surface area contributed by atoms with E-state index in [4.69, 9.17) is 14.4 Å². The Morgan fingerprint density at radius 3 is 2.37 bits per heavy atom. The summed E-state index contributed by atoms with van der Waals surface area (Å²) in [6.07, 6.45) is 5.33. The van der Waals surface area contributed by atoms with Gasteiger partial charge in [0.15, 0.2) is 11.0 Å². The Labute approximate surface area is 236 Å². The largest absolute Gasteiger partial charge is 0.438 e. The van der Waals surface area contributed by atoms with Gasteiger partial charge < -0.3 is 9.40 Å². The molecule has 0 radical (unpaired) electrons. The number of nitrogens with one attached hydrogen (secondary N) is 1. The number of H-pyrrole nitrogens is 1. The third-order valence-corrected chi connectivity index (χ3v) is 7.79. The van der Waals surface area contributed by atoms with Gasteiger partial charge in [0.1, 0.15) is 16.7 Å². The SMILES string of the molecule is CC(C)(C)c1cc(-c2cc(C(C)(C)C)c3oc4[nH]ccc(=O)c4c3n2)nc(-n2c3ccccc3c3cnccc32)c1. The second kappa shape index (κ2) is 8.61. The van der Waals surface area contributed by atoms with Crippen molar-refractivity contribution < 1.29 is 4.42 Å². The van der Waals surface area contributed by atoms with Gasteiger partial charge in [0.05, 0.1) is 22.4 Å². The van der Waals surface area contributed by atoms with Crippen molar-refractivity contribution in [2.45, 2.75) is 52.4 Å². The number of para-hydroxylation sites is 1. The second-order valence-electron chi connectivity index (χ2n) is 12.7. The topological polar surface area (TPSA) is 89.6 Å². The molecule has 7 nitrogen and oxygen atoms in total. The average Bonchev–Trinajstić information content (AvgIpc) is 3.48. The first-order chi connectivity index (χ1) is 19.5. The van der Waals surface area contributed by atoms with Crippen LogP contribution in [0.3, 0.4) is 0 Å². The normalized spacial score (nSPS) is 12.7. The van der Waals surface area contributed by atoms with E-state index in [0.29, 0.717) is 27.9 Å². The molecule has 0 amide bonds. The first-order valence-electron chi connectivity index (χ1n) is 13.8. The molecule has 0 bridgehead atoms. The van der Waals surface area contributed by atoms with Crippen molar-refractivity contribution in [3.8, 4) is 17.2 Å². The zero-order valence-corrected chi connectivity index (χ0v) is 24.0. The number of nitrogens with zero attached hydrogens (tertiary/aromatic N) is 4. The first-order valence-corrected chi connectivity index (χ1v) is 13.8. The number of hydrogen-bond donors (Lipinski definition) is 1. The molecule has 0 aliphatic heterocycles. The van der Waals surface area contributed by atoms with Crippen molar-refractivity contribution in [2.75, 3.05) is 0 Å². The minimum absolute atomic E-state index is 0.127. The highest BCUT2D eigenvalue weighted by atomic mass is 16.3. The highest BCUT2D eigenvalue weighted by molar-refractivity contribution is 6.08. The molecule has 204 valence electrons. The lowest BCUT2D eigenvalue weighted by atomic mass is 9.85. The molecule has 0 saturated heterocycles. The molecular formula is C34H31N5O2. The van der Waals surface area contributed by atoms with Crippen LogP contribution in [-0.4, -0.2) is 24.5 Å². The van der Waals surface area contributed by atoms with Crippen molar-refractivity contribution >= 4 is 44.0 Å².